The lowest BCUT2D eigenvalue weighted by atomic mass is 10.2. The number of furan rings is 1. The van der Waals surface area contributed by atoms with Gasteiger partial charge in [0.05, 0.1) is 12.3 Å². The van der Waals surface area contributed by atoms with Crippen molar-refractivity contribution < 1.29 is 13.9 Å². The SMILES string of the molecule is Cc1csc(-c2ccc(OCC(=O)N[C@@H](C)c3ccco3)cc2)n1. The van der Waals surface area contributed by atoms with Crippen molar-refractivity contribution in [3.8, 4) is 16.3 Å². The largest absolute Gasteiger partial charge is 0.484 e. The molecule has 2 heterocycles. The van der Waals surface area contributed by atoms with Gasteiger partial charge in [-0.1, -0.05) is 0 Å². The highest BCUT2D eigenvalue weighted by Gasteiger charge is 2.12. The number of ether oxygens (including phenoxy) is 1. The highest BCUT2D eigenvalue weighted by Crippen LogP contribution is 2.25. The van der Waals surface area contributed by atoms with Crippen molar-refractivity contribution in [2.45, 2.75) is 19.9 Å². The first-order valence-electron chi connectivity index (χ1n) is 7.60. The van der Waals surface area contributed by atoms with Crippen LogP contribution in [0.2, 0.25) is 0 Å². The van der Waals surface area contributed by atoms with E-state index in [1.54, 1.807) is 23.7 Å². The van der Waals surface area contributed by atoms with Gasteiger partial charge < -0.3 is 14.5 Å². The molecule has 1 amide bonds. The van der Waals surface area contributed by atoms with Crippen molar-refractivity contribution in [1.82, 2.24) is 10.3 Å². The first-order valence-corrected chi connectivity index (χ1v) is 8.48. The van der Waals surface area contributed by atoms with Gasteiger partial charge in [0.1, 0.15) is 16.5 Å². The number of hydrogen-bond donors (Lipinski definition) is 1. The summed E-state index contributed by atoms with van der Waals surface area (Å²) in [7, 11) is 0. The van der Waals surface area contributed by atoms with E-state index in [1.807, 2.05) is 49.6 Å². The van der Waals surface area contributed by atoms with Crippen LogP contribution in [0.5, 0.6) is 5.75 Å². The van der Waals surface area contributed by atoms with E-state index in [2.05, 4.69) is 10.3 Å². The third kappa shape index (κ3) is 4.02. The second-order valence-corrected chi connectivity index (χ2v) is 6.27. The summed E-state index contributed by atoms with van der Waals surface area (Å²) in [4.78, 5) is 16.4. The summed E-state index contributed by atoms with van der Waals surface area (Å²) in [5, 5.41) is 5.82. The molecular weight excluding hydrogens is 324 g/mol. The van der Waals surface area contributed by atoms with Crippen LogP contribution in [0.25, 0.3) is 10.6 Å². The van der Waals surface area contributed by atoms with Crippen LogP contribution in [-0.2, 0) is 4.79 Å². The third-order valence-corrected chi connectivity index (χ3v) is 4.45. The molecule has 0 unspecified atom stereocenters. The topological polar surface area (TPSA) is 64.4 Å². The van der Waals surface area contributed by atoms with Gasteiger partial charge in [-0.05, 0) is 50.2 Å². The molecule has 0 saturated heterocycles. The number of aryl methyl sites for hydroxylation is 1. The summed E-state index contributed by atoms with van der Waals surface area (Å²) in [6.45, 7) is 3.79. The van der Waals surface area contributed by atoms with Crippen molar-refractivity contribution in [1.29, 1.82) is 0 Å². The molecule has 0 bridgehead atoms. The van der Waals surface area contributed by atoms with Crippen LogP contribution < -0.4 is 10.1 Å². The number of aromatic nitrogens is 1. The minimum atomic E-state index is -0.196. The average molecular weight is 342 g/mol. The molecule has 2 aromatic heterocycles. The van der Waals surface area contributed by atoms with Gasteiger partial charge in [-0.25, -0.2) is 4.98 Å². The Balaban J connectivity index is 1.52. The normalized spacial score (nSPS) is 11.9. The molecule has 3 rings (SSSR count). The van der Waals surface area contributed by atoms with Crippen LogP contribution in [0, 0.1) is 6.92 Å². The van der Waals surface area contributed by atoms with Crippen molar-refractivity contribution in [2.24, 2.45) is 0 Å². The summed E-state index contributed by atoms with van der Waals surface area (Å²) in [5.74, 6) is 1.16. The Morgan fingerprint density at radius 1 is 1.33 bits per heavy atom. The molecule has 6 heteroatoms. The Morgan fingerprint density at radius 3 is 2.75 bits per heavy atom. The number of amides is 1. The molecular formula is C18H18N2O3S. The van der Waals surface area contributed by atoms with Gasteiger partial charge in [-0.3, -0.25) is 4.79 Å². The highest BCUT2D eigenvalue weighted by molar-refractivity contribution is 7.13. The fourth-order valence-electron chi connectivity index (χ4n) is 2.22. The summed E-state index contributed by atoms with van der Waals surface area (Å²) in [6.07, 6.45) is 1.58. The van der Waals surface area contributed by atoms with Gasteiger partial charge in [0.15, 0.2) is 6.61 Å². The fraction of sp³-hybridized carbons (Fsp3) is 0.222. The predicted molar refractivity (Wildman–Crippen MR) is 93.0 cm³/mol. The van der Waals surface area contributed by atoms with Gasteiger partial charge in [0, 0.05) is 16.6 Å². The predicted octanol–water partition coefficient (Wildman–Crippen LogP) is 3.97. The zero-order chi connectivity index (χ0) is 16.9. The zero-order valence-corrected chi connectivity index (χ0v) is 14.3. The molecule has 0 aliphatic heterocycles. The number of benzene rings is 1. The van der Waals surface area contributed by atoms with Crippen molar-refractivity contribution >= 4 is 17.2 Å². The molecule has 0 aliphatic rings. The maximum atomic E-state index is 11.9. The van der Waals surface area contributed by atoms with Crippen LogP contribution in [0.3, 0.4) is 0 Å². The minimum absolute atomic E-state index is 0.0409. The molecule has 5 nitrogen and oxygen atoms in total. The second kappa shape index (κ2) is 7.31. The molecule has 0 saturated carbocycles. The Morgan fingerprint density at radius 2 is 2.12 bits per heavy atom. The lowest BCUT2D eigenvalue weighted by Gasteiger charge is -2.12. The van der Waals surface area contributed by atoms with E-state index in [4.69, 9.17) is 9.15 Å². The van der Waals surface area contributed by atoms with E-state index in [1.165, 1.54) is 0 Å². The first-order chi connectivity index (χ1) is 11.6. The molecule has 1 atom stereocenters. The van der Waals surface area contributed by atoms with E-state index in [9.17, 15) is 4.79 Å². The van der Waals surface area contributed by atoms with Crippen molar-refractivity contribution in [2.75, 3.05) is 6.61 Å². The summed E-state index contributed by atoms with van der Waals surface area (Å²) < 4.78 is 10.8. The lowest BCUT2D eigenvalue weighted by molar-refractivity contribution is -0.123. The van der Waals surface area contributed by atoms with Gasteiger partial charge in [0.25, 0.3) is 5.91 Å². The Bertz CT molecular complexity index is 794. The van der Waals surface area contributed by atoms with Crippen LogP contribution in [0.15, 0.2) is 52.5 Å². The number of hydrogen-bond acceptors (Lipinski definition) is 5. The quantitative estimate of drug-likeness (QED) is 0.736. The maximum Gasteiger partial charge on any atom is 0.258 e. The molecule has 0 spiro atoms. The minimum Gasteiger partial charge on any atom is -0.484 e. The average Bonchev–Trinajstić information content (AvgIpc) is 3.25. The first kappa shape index (κ1) is 16.3. The molecule has 0 fully saturated rings. The number of nitrogens with one attached hydrogen (secondary N) is 1. The summed E-state index contributed by atoms with van der Waals surface area (Å²) >= 11 is 1.61. The third-order valence-electron chi connectivity index (χ3n) is 3.44. The Kier molecular flexibility index (Phi) is 4.96. The van der Waals surface area contributed by atoms with E-state index in [0.29, 0.717) is 11.5 Å². The van der Waals surface area contributed by atoms with E-state index < -0.39 is 0 Å². The van der Waals surface area contributed by atoms with E-state index in [-0.39, 0.29) is 18.6 Å². The van der Waals surface area contributed by atoms with Crippen LogP contribution in [0.4, 0.5) is 0 Å². The monoisotopic (exact) mass is 342 g/mol. The summed E-state index contributed by atoms with van der Waals surface area (Å²) in [6, 6.07) is 11.0. The number of carbonyl (C=O) groups is 1. The molecule has 1 N–H and O–H groups in total. The molecule has 1 aromatic carbocycles. The van der Waals surface area contributed by atoms with E-state index in [0.717, 1.165) is 16.3 Å². The number of nitrogens with zero attached hydrogens (tertiary/aromatic N) is 1. The van der Waals surface area contributed by atoms with Crippen molar-refractivity contribution in [3.63, 3.8) is 0 Å². The standard InChI is InChI=1S/C18H18N2O3S/c1-12-11-24-18(19-12)14-5-7-15(8-6-14)23-10-17(21)20-13(2)16-4-3-9-22-16/h3-9,11,13H,10H2,1-2H3,(H,20,21)/t13-/m0/s1. The Hall–Kier alpha value is -2.60. The number of rotatable bonds is 6. The van der Waals surface area contributed by atoms with Gasteiger partial charge >= 0.3 is 0 Å². The maximum absolute atomic E-state index is 11.9. The van der Waals surface area contributed by atoms with Gasteiger partial charge in [-0.2, -0.15) is 0 Å². The van der Waals surface area contributed by atoms with Crippen molar-refractivity contribution in [3.05, 3.63) is 59.5 Å². The van der Waals surface area contributed by atoms with Gasteiger partial charge in [-0.15, -0.1) is 11.3 Å². The smallest absolute Gasteiger partial charge is 0.258 e. The summed E-state index contributed by atoms with van der Waals surface area (Å²) in [5.41, 5.74) is 2.05. The highest BCUT2D eigenvalue weighted by atomic mass is 32.1. The van der Waals surface area contributed by atoms with Gasteiger partial charge in [0.2, 0.25) is 0 Å². The van der Waals surface area contributed by atoms with Crippen LogP contribution in [-0.4, -0.2) is 17.5 Å². The molecule has 24 heavy (non-hydrogen) atoms. The lowest BCUT2D eigenvalue weighted by Crippen LogP contribution is -2.31. The molecule has 3 aromatic rings. The molecule has 0 radical (unpaired) electrons. The number of thiazole rings is 1. The molecule has 0 aliphatic carbocycles. The fourth-order valence-corrected chi connectivity index (χ4v) is 3.02. The molecule has 124 valence electrons. The Labute approximate surface area is 144 Å². The van der Waals surface area contributed by atoms with Crippen LogP contribution in [0.1, 0.15) is 24.4 Å². The second-order valence-electron chi connectivity index (χ2n) is 5.41. The number of carbonyl (C=O) groups excluding carboxylic acids is 1. The van der Waals surface area contributed by atoms with E-state index >= 15 is 0 Å². The zero-order valence-electron chi connectivity index (χ0n) is 13.5. The van der Waals surface area contributed by atoms with Crippen LogP contribution >= 0.6 is 11.3 Å².